The molecule has 0 radical (unpaired) electrons. The molecule has 0 aromatic rings. The first-order valence-corrected chi connectivity index (χ1v) is 3.69. The molecule has 0 spiro atoms. The Morgan fingerprint density at radius 1 is 1.40 bits per heavy atom. The highest BCUT2D eigenvalue weighted by Gasteiger charge is 2.29. The highest BCUT2D eigenvalue weighted by molar-refractivity contribution is 4.86. The maximum Gasteiger partial charge on any atom is 0.0815 e. The van der Waals surface area contributed by atoms with Gasteiger partial charge in [0.25, 0.3) is 0 Å². The standard InChI is InChI=1S/C7H17NO2/c1-3-7(10,4-2)6(8)5-9/h6,9-10H,3-5,8H2,1-2H3. The van der Waals surface area contributed by atoms with E-state index in [1.165, 1.54) is 0 Å². The SMILES string of the molecule is CCC(O)(CC)C(N)CO. The normalized spacial score (nSPS) is 15.3. The maximum absolute atomic E-state index is 9.61. The lowest BCUT2D eigenvalue weighted by atomic mass is 9.90. The fraction of sp³-hybridized carbons (Fsp3) is 1.00. The zero-order valence-corrected chi connectivity index (χ0v) is 6.67. The van der Waals surface area contributed by atoms with Crippen molar-refractivity contribution in [3.05, 3.63) is 0 Å². The highest BCUT2D eigenvalue weighted by Crippen LogP contribution is 2.17. The molecular weight excluding hydrogens is 130 g/mol. The molecule has 4 N–H and O–H groups in total. The Morgan fingerprint density at radius 3 is 1.90 bits per heavy atom. The van der Waals surface area contributed by atoms with Gasteiger partial charge in [-0.3, -0.25) is 0 Å². The summed E-state index contributed by atoms with van der Waals surface area (Å²) in [4.78, 5) is 0. The lowest BCUT2D eigenvalue weighted by Crippen LogP contribution is -2.49. The molecular formula is C7H17NO2. The van der Waals surface area contributed by atoms with E-state index in [-0.39, 0.29) is 6.61 Å². The van der Waals surface area contributed by atoms with Crippen molar-refractivity contribution in [3.63, 3.8) is 0 Å². The van der Waals surface area contributed by atoms with Crippen LogP contribution in [0.1, 0.15) is 26.7 Å². The Kier molecular flexibility index (Phi) is 3.86. The molecule has 0 fully saturated rings. The quantitative estimate of drug-likeness (QED) is 0.518. The van der Waals surface area contributed by atoms with E-state index >= 15 is 0 Å². The zero-order valence-electron chi connectivity index (χ0n) is 6.67. The minimum atomic E-state index is -0.880. The lowest BCUT2D eigenvalue weighted by molar-refractivity contribution is -0.0103. The van der Waals surface area contributed by atoms with Gasteiger partial charge in [0.05, 0.1) is 18.2 Å². The van der Waals surface area contributed by atoms with E-state index in [0.29, 0.717) is 12.8 Å². The van der Waals surface area contributed by atoms with Crippen molar-refractivity contribution in [2.45, 2.75) is 38.3 Å². The van der Waals surface area contributed by atoms with Crippen molar-refractivity contribution >= 4 is 0 Å². The summed E-state index contributed by atoms with van der Waals surface area (Å²) in [6, 6.07) is -0.512. The van der Waals surface area contributed by atoms with Crippen LogP contribution < -0.4 is 5.73 Å². The Balaban J connectivity index is 4.02. The zero-order chi connectivity index (χ0) is 8.20. The molecule has 0 aliphatic carbocycles. The van der Waals surface area contributed by atoms with Crippen molar-refractivity contribution < 1.29 is 10.2 Å². The molecule has 1 unspecified atom stereocenters. The second-order valence-electron chi connectivity index (χ2n) is 2.60. The molecule has 10 heavy (non-hydrogen) atoms. The van der Waals surface area contributed by atoms with Crippen molar-refractivity contribution in [2.75, 3.05) is 6.61 Å². The van der Waals surface area contributed by atoms with Gasteiger partial charge in [0.2, 0.25) is 0 Å². The van der Waals surface area contributed by atoms with Crippen LogP contribution in [0.2, 0.25) is 0 Å². The number of hydrogen-bond acceptors (Lipinski definition) is 3. The van der Waals surface area contributed by atoms with Crippen molar-refractivity contribution in [3.8, 4) is 0 Å². The molecule has 1 atom stereocenters. The summed E-state index contributed by atoms with van der Waals surface area (Å²) in [7, 11) is 0. The van der Waals surface area contributed by atoms with Gasteiger partial charge in [-0.2, -0.15) is 0 Å². The Morgan fingerprint density at radius 2 is 1.80 bits per heavy atom. The summed E-state index contributed by atoms with van der Waals surface area (Å²) in [5.74, 6) is 0. The highest BCUT2D eigenvalue weighted by atomic mass is 16.3. The van der Waals surface area contributed by atoms with E-state index in [1.54, 1.807) is 0 Å². The first-order valence-electron chi connectivity index (χ1n) is 3.69. The van der Waals surface area contributed by atoms with E-state index < -0.39 is 11.6 Å². The predicted molar refractivity (Wildman–Crippen MR) is 40.6 cm³/mol. The molecule has 3 nitrogen and oxygen atoms in total. The van der Waals surface area contributed by atoms with E-state index in [1.807, 2.05) is 13.8 Å². The van der Waals surface area contributed by atoms with Crippen LogP contribution in [0.15, 0.2) is 0 Å². The van der Waals surface area contributed by atoms with Gasteiger partial charge >= 0.3 is 0 Å². The van der Waals surface area contributed by atoms with Crippen LogP contribution in [-0.4, -0.2) is 28.5 Å². The summed E-state index contributed by atoms with van der Waals surface area (Å²) >= 11 is 0. The summed E-state index contributed by atoms with van der Waals surface area (Å²) < 4.78 is 0. The molecule has 0 rings (SSSR count). The van der Waals surface area contributed by atoms with Crippen molar-refractivity contribution in [1.82, 2.24) is 0 Å². The second-order valence-corrected chi connectivity index (χ2v) is 2.60. The molecule has 0 aromatic heterocycles. The van der Waals surface area contributed by atoms with E-state index in [4.69, 9.17) is 10.8 Å². The van der Waals surface area contributed by atoms with Crippen LogP contribution in [0.4, 0.5) is 0 Å². The molecule has 0 saturated heterocycles. The first kappa shape index (κ1) is 9.88. The molecule has 62 valence electrons. The maximum atomic E-state index is 9.61. The largest absolute Gasteiger partial charge is 0.395 e. The molecule has 0 aromatic carbocycles. The van der Waals surface area contributed by atoms with Crippen LogP contribution in [0.5, 0.6) is 0 Å². The van der Waals surface area contributed by atoms with Gasteiger partial charge in [-0.25, -0.2) is 0 Å². The fourth-order valence-electron chi connectivity index (χ4n) is 0.944. The third kappa shape index (κ3) is 1.94. The molecule has 0 aliphatic heterocycles. The van der Waals surface area contributed by atoms with Gasteiger partial charge in [-0.15, -0.1) is 0 Å². The van der Waals surface area contributed by atoms with Gasteiger partial charge < -0.3 is 15.9 Å². The molecule has 0 aliphatic rings. The minimum absolute atomic E-state index is 0.155. The Labute approximate surface area is 61.9 Å². The van der Waals surface area contributed by atoms with E-state index in [2.05, 4.69) is 0 Å². The molecule has 3 heteroatoms. The summed E-state index contributed by atoms with van der Waals surface area (Å²) in [5, 5.41) is 18.3. The molecule has 0 heterocycles. The number of hydrogen-bond donors (Lipinski definition) is 3. The molecule has 0 amide bonds. The number of aliphatic hydroxyl groups is 2. The van der Waals surface area contributed by atoms with Gasteiger partial charge in [-0.05, 0) is 12.8 Å². The average Bonchev–Trinajstić information content (AvgIpc) is 2.01. The summed E-state index contributed by atoms with van der Waals surface area (Å²) in [6.45, 7) is 3.57. The van der Waals surface area contributed by atoms with E-state index in [0.717, 1.165) is 0 Å². The van der Waals surface area contributed by atoms with Gasteiger partial charge in [0, 0.05) is 0 Å². The van der Waals surface area contributed by atoms with Gasteiger partial charge in [0.15, 0.2) is 0 Å². The van der Waals surface area contributed by atoms with Crippen LogP contribution in [-0.2, 0) is 0 Å². The van der Waals surface area contributed by atoms with Crippen LogP contribution in [0.25, 0.3) is 0 Å². The predicted octanol–water partition coefficient (Wildman–Crippen LogP) is -0.143. The van der Waals surface area contributed by atoms with Crippen LogP contribution >= 0.6 is 0 Å². The second kappa shape index (κ2) is 3.91. The minimum Gasteiger partial charge on any atom is -0.395 e. The lowest BCUT2D eigenvalue weighted by Gasteiger charge is -2.30. The van der Waals surface area contributed by atoms with Gasteiger partial charge in [-0.1, -0.05) is 13.8 Å². The topological polar surface area (TPSA) is 66.5 Å². The van der Waals surface area contributed by atoms with Crippen LogP contribution in [0.3, 0.4) is 0 Å². The van der Waals surface area contributed by atoms with Crippen molar-refractivity contribution in [1.29, 1.82) is 0 Å². The monoisotopic (exact) mass is 147 g/mol. The van der Waals surface area contributed by atoms with Crippen molar-refractivity contribution in [2.24, 2.45) is 5.73 Å². The number of nitrogens with two attached hydrogens (primary N) is 1. The summed E-state index contributed by atoms with van der Waals surface area (Å²) in [5.41, 5.74) is 4.59. The third-order valence-electron chi connectivity index (χ3n) is 2.11. The molecule has 0 bridgehead atoms. The van der Waals surface area contributed by atoms with Gasteiger partial charge in [0.1, 0.15) is 0 Å². The Hall–Kier alpha value is -0.120. The smallest absolute Gasteiger partial charge is 0.0815 e. The third-order valence-corrected chi connectivity index (χ3v) is 2.11. The molecule has 0 saturated carbocycles. The average molecular weight is 147 g/mol. The Bertz CT molecular complexity index is 91.6. The number of aliphatic hydroxyl groups excluding tert-OH is 1. The number of rotatable bonds is 4. The van der Waals surface area contributed by atoms with Crippen LogP contribution in [0, 0.1) is 0 Å². The van der Waals surface area contributed by atoms with E-state index in [9.17, 15) is 5.11 Å². The summed E-state index contributed by atoms with van der Waals surface area (Å²) in [6.07, 6.45) is 1.18. The first-order chi connectivity index (χ1) is 4.60. The fourth-order valence-corrected chi connectivity index (χ4v) is 0.944.